The lowest BCUT2D eigenvalue weighted by molar-refractivity contribution is -0.150. The molecule has 1 aromatic rings. The molecule has 0 spiro atoms. The summed E-state index contributed by atoms with van der Waals surface area (Å²) in [6.45, 7) is 5.20. The molecule has 106 valence electrons. The first-order valence-corrected chi connectivity index (χ1v) is 6.03. The second-order valence-electron chi connectivity index (χ2n) is 4.22. The number of H-pyrrole nitrogens is 1. The third-order valence-corrected chi connectivity index (χ3v) is 2.96. The van der Waals surface area contributed by atoms with Crippen LogP contribution in [0.25, 0.3) is 0 Å². The number of rotatable bonds is 6. The molecule has 0 fully saturated rings. The fourth-order valence-corrected chi connectivity index (χ4v) is 1.67. The van der Waals surface area contributed by atoms with E-state index in [1.807, 2.05) is 0 Å². The summed E-state index contributed by atoms with van der Waals surface area (Å²) in [4.78, 5) is 34.3. The number of nitrogens with one attached hydrogen (secondary N) is 1. The minimum atomic E-state index is -1.08. The number of nitrogens with zero attached hydrogens (tertiary/aromatic N) is 1. The van der Waals surface area contributed by atoms with Crippen molar-refractivity contribution >= 4 is 5.97 Å². The van der Waals surface area contributed by atoms with Gasteiger partial charge in [-0.2, -0.15) is 0 Å². The summed E-state index contributed by atoms with van der Waals surface area (Å²) >= 11 is 0. The van der Waals surface area contributed by atoms with E-state index in [1.54, 1.807) is 20.8 Å². The van der Waals surface area contributed by atoms with Gasteiger partial charge < -0.3 is 9.84 Å². The lowest BCUT2D eigenvalue weighted by Gasteiger charge is -2.13. The van der Waals surface area contributed by atoms with Crippen LogP contribution < -0.4 is 11.1 Å². The molecular weight excluding hydrogens is 252 g/mol. The van der Waals surface area contributed by atoms with Gasteiger partial charge in [-0.15, -0.1) is 0 Å². The van der Waals surface area contributed by atoms with Crippen LogP contribution in [-0.4, -0.2) is 33.6 Å². The SMILES string of the molecule is CCOC(CCn1[nH]c(=O)c(C)c(C)c1=O)C(=O)O. The van der Waals surface area contributed by atoms with E-state index in [9.17, 15) is 14.4 Å². The van der Waals surface area contributed by atoms with Crippen molar-refractivity contribution in [1.29, 1.82) is 0 Å². The molecule has 0 saturated carbocycles. The minimum absolute atomic E-state index is 0.0894. The third kappa shape index (κ3) is 3.54. The van der Waals surface area contributed by atoms with Gasteiger partial charge in [0.15, 0.2) is 6.10 Å². The zero-order valence-electron chi connectivity index (χ0n) is 11.2. The van der Waals surface area contributed by atoms with Gasteiger partial charge in [0.05, 0.1) is 0 Å². The summed E-state index contributed by atoms with van der Waals surface area (Å²) in [7, 11) is 0. The Labute approximate surface area is 109 Å². The molecule has 1 rings (SSSR count). The predicted octanol–water partition coefficient (Wildman–Crippen LogP) is 0.0332. The average Bonchev–Trinajstić information content (AvgIpc) is 2.37. The Morgan fingerprint density at radius 1 is 1.37 bits per heavy atom. The Kier molecular flexibility index (Phi) is 5.05. The van der Waals surface area contributed by atoms with Crippen molar-refractivity contribution in [3.8, 4) is 0 Å². The fraction of sp³-hybridized carbons (Fsp3) is 0.583. The van der Waals surface area contributed by atoms with Gasteiger partial charge in [0.25, 0.3) is 11.1 Å². The van der Waals surface area contributed by atoms with E-state index in [4.69, 9.17) is 9.84 Å². The van der Waals surface area contributed by atoms with Crippen molar-refractivity contribution in [3.05, 3.63) is 31.8 Å². The maximum Gasteiger partial charge on any atom is 0.332 e. The number of aromatic amines is 1. The number of hydrogen-bond acceptors (Lipinski definition) is 4. The van der Waals surface area contributed by atoms with Crippen LogP contribution in [0.3, 0.4) is 0 Å². The molecule has 2 N–H and O–H groups in total. The van der Waals surface area contributed by atoms with Crippen molar-refractivity contribution < 1.29 is 14.6 Å². The number of ether oxygens (including phenoxy) is 1. The van der Waals surface area contributed by atoms with Gasteiger partial charge >= 0.3 is 5.97 Å². The van der Waals surface area contributed by atoms with E-state index in [1.165, 1.54) is 0 Å². The van der Waals surface area contributed by atoms with E-state index in [2.05, 4.69) is 5.10 Å². The molecule has 1 atom stereocenters. The highest BCUT2D eigenvalue weighted by atomic mass is 16.5. The molecule has 19 heavy (non-hydrogen) atoms. The standard InChI is InChI=1S/C12H18N2O5/c1-4-19-9(12(17)18)5-6-14-11(16)8(3)7(2)10(15)13-14/h9H,4-6H2,1-3H3,(H,13,15)(H,17,18). The van der Waals surface area contributed by atoms with Crippen LogP contribution in [0, 0.1) is 13.8 Å². The normalized spacial score (nSPS) is 12.4. The number of aryl methyl sites for hydroxylation is 1. The Balaban J connectivity index is 2.92. The summed E-state index contributed by atoms with van der Waals surface area (Å²) in [6, 6.07) is 0. The number of carboxylic acids is 1. The van der Waals surface area contributed by atoms with E-state index >= 15 is 0 Å². The van der Waals surface area contributed by atoms with Crippen molar-refractivity contribution in [2.75, 3.05) is 6.61 Å². The van der Waals surface area contributed by atoms with Gasteiger partial charge in [0, 0.05) is 30.7 Å². The summed E-state index contributed by atoms with van der Waals surface area (Å²) in [5.74, 6) is -1.08. The molecule has 0 amide bonds. The zero-order valence-corrected chi connectivity index (χ0v) is 11.2. The molecule has 0 radical (unpaired) electrons. The second-order valence-corrected chi connectivity index (χ2v) is 4.22. The molecule has 0 aliphatic heterocycles. The Morgan fingerprint density at radius 2 is 2.00 bits per heavy atom. The molecular formula is C12H18N2O5. The quantitative estimate of drug-likeness (QED) is 0.759. The van der Waals surface area contributed by atoms with E-state index in [0.29, 0.717) is 11.1 Å². The summed E-state index contributed by atoms with van der Waals surface area (Å²) in [5.41, 5.74) is 0.0750. The number of aliphatic carboxylic acids is 1. The molecule has 1 aromatic heterocycles. The highest BCUT2D eigenvalue weighted by Gasteiger charge is 2.18. The Hall–Kier alpha value is -1.89. The minimum Gasteiger partial charge on any atom is -0.479 e. The molecule has 0 bridgehead atoms. The van der Waals surface area contributed by atoms with Crippen molar-refractivity contribution in [1.82, 2.24) is 9.78 Å². The van der Waals surface area contributed by atoms with Gasteiger partial charge in [-0.1, -0.05) is 0 Å². The first kappa shape index (κ1) is 15.2. The molecule has 1 heterocycles. The topological polar surface area (TPSA) is 101 Å². The zero-order chi connectivity index (χ0) is 14.6. The Morgan fingerprint density at radius 3 is 2.53 bits per heavy atom. The fourth-order valence-electron chi connectivity index (χ4n) is 1.67. The summed E-state index contributed by atoms with van der Waals surface area (Å²) in [6.07, 6.45) is -0.872. The van der Waals surface area contributed by atoms with Crippen LogP contribution in [0.5, 0.6) is 0 Å². The average molecular weight is 270 g/mol. The molecule has 0 aliphatic carbocycles. The largest absolute Gasteiger partial charge is 0.479 e. The molecule has 0 saturated heterocycles. The maximum atomic E-state index is 11.9. The van der Waals surface area contributed by atoms with Gasteiger partial charge in [-0.25, -0.2) is 9.48 Å². The van der Waals surface area contributed by atoms with E-state index < -0.39 is 12.1 Å². The van der Waals surface area contributed by atoms with Crippen molar-refractivity contribution in [2.24, 2.45) is 0 Å². The first-order valence-electron chi connectivity index (χ1n) is 6.03. The molecule has 1 unspecified atom stereocenters. The number of hydrogen-bond donors (Lipinski definition) is 2. The van der Waals surface area contributed by atoms with E-state index in [0.717, 1.165) is 4.68 Å². The van der Waals surface area contributed by atoms with Crippen LogP contribution in [0.15, 0.2) is 9.59 Å². The van der Waals surface area contributed by atoms with Crippen molar-refractivity contribution in [3.63, 3.8) is 0 Å². The maximum absolute atomic E-state index is 11.9. The molecule has 7 heteroatoms. The summed E-state index contributed by atoms with van der Waals surface area (Å²) < 4.78 is 6.17. The molecule has 0 aromatic carbocycles. The van der Waals surface area contributed by atoms with Gasteiger partial charge in [-0.3, -0.25) is 14.7 Å². The van der Waals surface area contributed by atoms with Crippen molar-refractivity contribution in [2.45, 2.75) is 39.8 Å². The summed E-state index contributed by atoms with van der Waals surface area (Å²) in [5, 5.41) is 11.3. The first-order chi connectivity index (χ1) is 8.88. The number of aromatic nitrogens is 2. The van der Waals surface area contributed by atoms with Crippen LogP contribution in [0.2, 0.25) is 0 Å². The van der Waals surface area contributed by atoms with Gasteiger partial charge in [-0.05, 0) is 20.8 Å². The highest BCUT2D eigenvalue weighted by molar-refractivity contribution is 5.72. The predicted molar refractivity (Wildman–Crippen MR) is 68.5 cm³/mol. The Bertz CT molecular complexity index is 572. The molecule has 7 nitrogen and oxygen atoms in total. The monoisotopic (exact) mass is 270 g/mol. The van der Waals surface area contributed by atoms with Crippen LogP contribution in [0.1, 0.15) is 24.5 Å². The smallest absolute Gasteiger partial charge is 0.332 e. The molecule has 0 aliphatic rings. The van der Waals surface area contributed by atoms with Crippen LogP contribution in [0.4, 0.5) is 0 Å². The lowest BCUT2D eigenvalue weighted by Crippen LogP contribution is -2.35. The van der Waals surface area contributed by atoms with Gasteiger partial charge in [0.1, 0.15) is 0 Å². The van der Waals surface area contributed by atoms with Crippen LogP contribution in [-0.2, 0) is 16.1 Å². The number of carbonyl (C=O) groups is 1. The highest BCUT2D eigenvalue weighted by Crippen LogP contribution is 2.01. The lowest BCUT2D eigenvalue weighted by atomic mass is 10.2. The van der Waals surface area contributed by atoms with Gasteiger partial charge in [0.2, 0.25) is 0 Å². The van der Waals surface area contributed by atoms with Crippen LogP contribution >= 0.6 is 0 Å². The second kappa shape index (κ2) is 6.33. The van der Waals surface area contributed by atoms with E-state index in [-0.39, 0.29) is 30.7 Å². The number of carboxylic acid groups (broad SMARTS) is 1. The third-order valence-electron chi connectivity index (χ3n) is 2.96.